The van der Waals surface area contributed by atoms with Gasteiger partial charge in [0.1, 0.15) is 27.0 Å². The molecule has 0 bridgehead atoms. The van der Waals surface area contributed by atoms with E-state index in [0.29, 0.717) is 34.1 Å². The molecule has 1 unspecified atom stereocenters. The molecular weight excluding hydrogens is 422 g/mol. The molecule has 0 spiro atoms. The van der Waals surface area contributed by atoms with Gasteiger partial charge in [-0.3, -0.25) is 4.79 Å². The van der Waals surface area contributed by atoms with Crippen LogP contribution in [-0.4, -0.2) is 38.0 Å². The van der Waals surface area contributed by atoms with Gasteiger partial charge in [-0.1, -0.05) is 23.0 Å². The Kier molecular flexibility index (Phi) is 5.69. The fourth-order valence-corrected chi connectivity index (χ4v) is 4.43. The number of nitrogens with one attached hydrogen (secondary N) is 1. The molecule has 3 aromatic rings. The zero-order valence-corrected chi connectivity index (χ0v) is 18.3. The van der Waals surface area contributed by atoms with Gasteiger partial charge in [0.2, 0.25) is 0 Å². The van der Waals surface area contributed by atoms with E-state index in [2.05, 4.69) is 15.4 Å². The molecule has 1 atom stereocenters. The molecule has 30 heavy (non-hydrogen) atoms. The summed E-state index contributed by atoms with van der Waals surface area (Å²) in [5, 5.41) is 8.44. The normalized spacial score (nSPS) is 16.1. The van der Waals surface area contributed by atoms with Crippen molar-refractivity contribution in [1.82, 2.24) is 19.6 Å². The van der Waals surface area contributed by atoms with Crippen molar-refractivity contribution in [3.8, 4) is 0 Å². The van der Waals surface area contributed by atoms with Crippen LogP contribution in [0.1, 0.15) is 41.3 Å². The van der Waals surface area contributed by atoms with Crippen LogP contribution in [0, 0.1) is 0 Å². The van der Waals surface area contributed by atoms with Gasteiger partial charge in [0, 0.05) is 18.0 Å². The Morgan fingerprint density at radius 1 is 1.43 bits per heavy atom. The topological polar surface area (TPSA) is 81.4 Å². The minimum Gasteiger partial charge on any atom is -0.496 e. The van der Waals surface area contributed by atoms with Gasteiger partial charge in [-0.05, 0) is 38.5 Å². The molecule has 154 valence electrons. The van der Waals surface area contributed by atoms with Crippen LogP contribution in [0.3, 0.4) is 0 Å². The highest BCUT2D eigenvalue weighted by Gasteiger charge is 2.25. The first-order valence-corrected chi connectivity index (χ1v) is 10.6. The lowest BCUT2D eigenvalue weighted by Crippen LogP contribution is -2.13. The number of allylic oxidation sites excluding steroid dienone is 4. The van der Waals surface area contributed by atoms with Gasteiger partial charge in [0.05, 0.1) is 18.7 Å². The summed E-state index contributed by atoms with van der Waals surface area (Å²) in [6.45, 7) is 4.00. The number of aromatic nitrogens is 4. The van der Waals surface area contributed by atoms with Crippen molar-refractivity contribution in [2.24, 2.45) is 0 Å². The first kappa shape index (κ1) is 20.3. The van der Waals surface area contributed by atoms with E-state index in [1.54, 1.807) is 30.1 Å². The molecule has 0 aliphatic heterocycles. The van der Waals surface area contributed by atoms with E-state index in [0.717, 1.165) is 16.2 Å². The highest BCUT2D eigenvalue weighted by Crippen LogP contribution is 2.38. The molecule has 0 radical (unpaired) electrons. The maximum atomic E-state index is 13.0. The molecule has 4 rings (SSSR count). The molecule has 3 aromatic heterocycles. The van der Waals surface area contributed by atoms with Crippen LogP contribution < -0.4 is 5.32 Å². The molecule has 3 heterocycles. The van der Waals surface area contributed by atoms with E-state index in [1.165, 1.54) is 17.5 Å². The molecular formula is C21H20ClN5O2S. The third kappa shape index (κ3) is 4.01. The number of carbonyl (C=O) groups is 1. The van der Waals surface area contributed by atoms with Crippen molar-refractivity contribution in [3.63, 3.8) is 0 Å². The van der Waals surface area contributed by atoms with Crippen LogP contribution in [0.15, 0.2) is 48.1 Å². The lowest BCUT2D eigenvalue weighted by atomic mass is 10.00. The monoisotopic (exact) mass is 441 g/mol. The molecule has 1 amide bonds. The summed E-state index contributed by atoms with van der Waals surface area (Å²) in [5.74, 6) is 0.389. The van der Waals surface area contributed by atoms with Gasteiger partial charge in [0.15, 0.2) is 5.65 Å². The second kappa shape index (κ2) is 8.41. The van der Waals surface area contributed by atoms with Crippen LogP contribution in [-0.2, 0) is 4.74 Å². The van der Waals surface area contributed by atoms with Crippen molar-refractivity contribution < 1.29 is 9.53 Å². The summed E-state index contributed by atoms with van der Waals surface area (Å²) in [6.07, 6.45) is 11.1. The van der Waals surface area contributed by atoms with Crippen LogP contribution in [0.25, 0.3) is 17.3 Å². The van der Waals surface area contributed by atoms with Crippen molar-refractivity contribution in [1.29, 1.82) is 0 Å². The summed E-state index contributed by atoms with van der Waals surface area (Å²) in [6, 6.07) is 1.76. The number of amides is 1. The van der Waals surface area contributed by atoms with E-state index in [1.807, 2.05) is 32.1 Å². The molecule has 0 fully saturated rings. The van der Waals surface area contributed by atoms with Gasteiger partial charge in [-0.2, -0.15) is 5.10 Å². The molecule has 0 saturated heterocycles. The molecule has 0 aromatic carbocycles. The summed E-state index contributed by atoms with van der Waals surface area (Å²) in [7, 11) is 1.61. The quantitative estimate of drug-likeness (QED) is 0.576. The smallest absolute Gasteiger partial charge is 0.261 e. The maximum Gasteiger partial charge on any atom is 0.261 e. The molecule has 1 N–H and O–H groups in total. The maximum absolute atomic E-state index is 13.0. The molecule has 0 saturated carbocycles. The average molecular weight is 442 g/mol. The van der Waals surface area contributed by atoms with E-state index in [9.17, 15) is 4.79 Å². The predicted molar refractivity (Wildman–Crippen MR) is 120 cm³/mol. The minimum absolute atomic E-state index is 0.167. The fraction of sp³-hybridized carbons (Fsp3) is 0.238. The number of rotatable bonds is 5. The van der Waals surface area contributed by atoms with Gasteiger partial charge < -0.3 is 10.1 Å². The zero-order valence-electron chi connectivity index (χ0n) is 16.7. The number of hydrogen-bond acceptors (Lipinski definition) is 6. The minimum atomic E-state index is -0.300. The van der Waals surface area contributed by atoms with Gasteiger partial charge in [-0.25, -0.2) is 14.5 Å². The predicted octanol–water partition coefficient (Wildman–Crippen LogP) is 4.79. The van der Waals surface area contributed by atoms with Gasteiger partial charge in [0.25, 0.3) is 5.91 Å². The second-order valence-electron chi connectivity index (χ2n) is 6.98. The Morgan fingerprint density at radius 3 is 3.03 bits per heavy atom. The number of anilines is 1. The Bertz CT molecular complexity index is 1200. The van der Waals surface area contributed by atoms with E-state index in [-0.39, 0.29) is 11.3 Å². The molecule has 9 heteroatoms. The summed E-state index contributed by atoms with van der Waals surface area (Å²) >= 11 is 7.76. The van der Waals surface area contributed by atoms with Crippen molar-refractivity contribution in [2.75, 3.05) is 12.4 Å². The third-order valence-corrected chi connectivity index (χ3v) is 5.68. The lowest BCUT2D eigenvalue weighted by molar-refractivity contribution is 0.102. The Labute approximate surface area is 182 Å². The lowest BCUT2D eigenvalue weighted by Gasteiger charge is -2.17. The number of fused-ring (bicyclic) bond motifs is 1. The molecule has 7 nitrogen and oxygen atoms in total. The van der Waals surface area contributed by atoms with Crippen molar-refractivity contribution in [2.45, 2.75) is 25.6 Å². The number of alkyl halides is 1. The first-order chi connectivity index (χ1) is 14.5. The number of nitrogens with zero attached hydrogens (tertiary/aromatic N) is 4. The van der Waals surface area contributed by atoms with Gasteiger partial charge >= 0.3 is 0 Å². The zero-order chi connectivity index (χ0) is 21.3. The van der Waals surface area contributed by atoms with E-state index < -0.39 is 0 Å². The fourth-order valence-electron chi connectivity index (χ4n) is 3.15. The average Bonchev–Trinajstić information content (AvgIpc) is 3.31. The summed E-state index contributed by atoms with van der Waals surface area (Å²) in [4.78, 5) is 22.1. The van der Waals surface area contributed by atoms with Crippen LogP contribution >= 0.6 is 22.9 Å². The van der Waals surface area contributed by atoms with Gasteiger partial charge in [-0.15, -0.1) is 11.6 Å². The number of hydrogen-bond donors (Lipinski definition) is 1. The largest absolute Gasteiger partial charge is 0.496 e. The van der Waals surface area contributed by atoms with Crippen molar-refractivity contribution in [3.05, 3.63) is 64.4 Å². The van der Waals surface area contributed by atoms with E-state index in [4.69, 9.17) is 21.3 Å². The van der Waals surface area contributed by atoms with Crippen molar-refractivity contribution >= 4 is 51.1 Å². The molecule has 1 aliphatic rings. The number of carbonyl (C=O) groups excluding carboxylic acids is 1. The van der Waals surface area contributed by atoms with E-state index >= 15 is 0 Å². The first-order valence-electron chi connectivity index (χ1n) is 9.31. The number of ether oxygens (including phenoxy) is 1. The third-order valence-electron chi connectivity index (χ3n) is 4.47. The number of thiazole rings is 1. The highest BCUT2D eigenvalue weighted by molar-refractivity contribution is 7.17. The molecule has 1 aliphatic carbocycles. The van der Waals surface area contributed by atoms with Crippen LogP contribution in [0.5, 0.6) is 0 Å². The number of methoxy groups -OCH3 is 1. The SMILES string of the molecule is COC1=C(c2nc(C=C(C)C)sc2NC(=O)c2cnn3cccnc23)CC(Cl)C=C1. The number of halogens is 1. The summed E-state index contributed by atoms with van der Waals surface area (Å²) in [5.41, 5.74) is 3.51. The Balaban J connectivity index is 1.76. The summed E-state index contributed by atoms with van der Waals surface area (Å²) < 4.78 is 7.10. The Morgan fingerprint density at radius 2 is 2.27 bits per heavy atom. The van der Waals surface area contributed by atoms with Crippen LogP contribution in [0.4, 0.5) is 5.00 Å². The standard InChI is InChI=1S/C21H20ClN5O2S/c1-12(2)9-17-25-18(14-10-13(22)5-6-16(14)29-3)21(30-17)26-20(28)15-11-24-27-8-4-7-23-19(15)27/h4-9,11,13H,10H2,1-3H3,(H,26,28). The van der Waals surface area contributed by atoms with Crippen LogP contribution in [0.2, 0.25) is 0 Å². The highest BCUT2D eigenvalue weighted by atomic mass is 35.5. The second-order valence-corrected chi connectivity index (χ2v) is 8.57. The Hall–Kier alpha value is -2.97.